The lowest BCUT2D eigenvalue weighted by atomic mass is 10.0. The fraction of sp³-hybridized carbons (Fsp3) is 0.462. The molecule has 6 nitrogen and oxygen atoms in total. The fourth-order valence-corrected chi connectivity index (χ4v) is 1.90. The molecule has 6 heteroatoms. The molecule has 0 amide bonds. The van der Waals surface area contributed by atoms with Crippen molar-refractivity contribution in [2.75, 3.05) is 11.9 Å². The Bertz CT molecular complexity index is 447. The monoisotopic (exact) mass is 267 g/mol. The van der Waals surface area contributed by atoms with E-state index in [0.29, 0.717) is 11.3 Å². The van der Waals surface area contributed by atoms with Gasteiger partial charge in [0.15, 0.2) is 12.0 Å². The summed E-state index contributed by atoms with van der Waals surface area (Å²) in [6.45, 7) is 1.43. The number of rotatable bonds is 3. The first-order valence-electron chi connectivity index (χ1n) is 6.02. The second-order valence-electron chi connectivity index (χ2n) is 4.58. The number of anilines is 1. The Hall–Kier alpha value is -1.47. The van der Waals surface area contributed by atoms with Crippen molar-refractivity contribution in [1.29, 1.82) is 0 Å². The second-order valence-corrected chi connectivity index (χ2v) is 4.58. The molecule has 1 saturated heterocycles. The van der Waals surface area contributed by atoms with E-state index in [-0.39, 0.29) is 12.4 Å². The number of hydrogen-bond donors (Lipinski definition) is 4. The molecule has 4 N–H and O–H groups in total. The second kappa shape index (κ2) is 5.66. The van der Waals surface area contributed by atoms with Crippen LogP contribution >= 0.6 is 0 Å². The summed E-state index contributed by atoms with van der Waals surface area (Å²) in [7, 11) is 0. The highest BCUT2D eigenvalue weighted by Gasteiger charge is 2.37. The van der Waals surface area contributed by atoms with Gasteiger partial charge < -0.3 is 25.4 Å². The number of ketones is 1. The maximum Gasteiger partial charge on any atom is 0.159 e. The molecule has 1 heterocycles. The van der Waals surface area contributed by atoms with Gasteiger partial charge in [-0.3, -0.25) is 4.79 Å². The average Bonchev–Trinajstić information content (AvgIpc) is 2.40. The molecule has 4 unspecified atom stereocenters. The van der Waals surface area contributed by atoms with Gasteiger partial charge in [0.25, 0.3) is 0 Å². The number of hydrogen-bond acceptors (Lipinski definition) is 6. The van der Waals surface area contributed by atoms with E-state index in [9.17, 15) is 20.1 Å². The van der Waals surface area contributed by atoms with Crippen LogP contribution < -0.4 is 5.32 Å². The zero-order valence-electron chi connectivity index (χ0n) is 10.5. The van der Waals surface area contributed by atoms with Crippen LogP contribution in [0.15, 0.2) is 24.3 Å². The maximum absolute atomic E-state index is 11.1. The van der Waals surface area contributed by atoms with Crippen LogP contribution in [0.25, 0.3) is 0 Å². The van der Waals surface area contributed by atoms with Crippen molar-refractivity contribution in [3.05, 3.63) is 29.8 Å². The molecule has 1 aliphatic rings. The number of aliphatic hydroxyl groups is 3. The number of ether oxygens (including phenoxy) is 1. The van der Waals surface area contributed by atoms with E-state index < -0.39 is 24.5 Å². The van der Waals surface area contributed by atoms with Gasteiger partial charge in [-0.05, 0) is 31.2 Å². The van der Waals surface area contributed by atoms with E-state index in [1.165, 1.54) is 6.92 Å². The van der Waals surface area contributed by atoms with E-state index in [0.717, 1.165) is 0 Å². The molecule has 0 aromatic heterocycles. The fourth-order valence-electron chi connectivity index (χ4n) is 1.90. The number of carbonyl (C=O) groups excluding carboxylic acids is 1. The standard InChI is InChI=1S/C13H17NO5/c1-7(15)8-2-4-9(5-3-8)14-13-12(18)11(17)10(16)6-19-13/h2-5,10-14,16-18H,6H2,1H3. The predicted molar refractivity (Wildman–Crippen MR) is 67.8 cm³/mol. The zero-order valence-corrected chi connectivity index (χ0v) is 10.5. The molecule has 1 aliphatic heterocycles. The van der Waals surface area contributed by atoms with Crippen LogP contribution in [0, 0.1) is 0 Å². The lowest BCUT2D eigenvalue weighted by Gasteiger charge is -2.35. The summed E-state index contributed by atoms with van der Waals surface area (Å²) in [6, 6.07) is 6.69. The van der Waals surface area contributed by atoms with Crippen molar-refractivity contribution in [2.45, 2.75) is 31.5 Å². The van der Waals surface area contributed by atoms with Crippen LogP contribution in [0.2, 0.25) is 0 Å². The Labute approximate surface area is 110 Å². The van der Waals surface area contributed by atoms with Crippen molar-refractivity contribution in [3.8, 4) is 0 Å². The van der Waals surface area contributed by atoms with E-state index in [1.54, 1.807) is 24.3 Å². The van der Waals surface area contributed by atoms with Gasteiger partial charge in [-0.15, -0.1) is 0 Å². The molecular formula is C13H17NO5. The topological polar surface area (TPSA) is 99.0 Å². The highest BCUT2D eigenvalue weighted by molar-refractivity contribution is 5.94. The molecule has 104 valence electrons. The smallest absolute Gasteiger partial charge is 0.159 e. The van der Waals surface area contributed by atoms with Crippen molar-refractivity contribution >= 4 is 11.5 Å². The first-order chi connectivity index (χ1) is 8.99. The third kappa shape index (κ3) is 3.10. The van der Waals surface area contributed by atoms with Gasteiger partial charge >= 0.3 is 0 Å². The van der Waals surface area contributed by atoms with E-state index in [1.807, 2.05) is 0 Å². The largest absolute Gasteiger partial charge is 0.388 e. The van der Waals surface area contributed by atoms with Crippen LogP contribution in [0.5, 0.6) is 0 Å². The minimum atomic E-state index is -1.25. The number of Topliss-reactive ketones (excluding diaryl/α,β-unsaturated/α-hetero) is 1. The van der Waals surface area contributed by atoms with Crippen LogP contribution in [-0.2, 0) is 4.74 Å². The minimum absolute atomic E-state index is 0.0287. The van der Waals surface area contributed by atoms with Gasteiger partial charge in [-0.1, -0.05) is 0 Å². The SMILES string of the molecule is CC(=O)c1ccc(NC2OCC(O)C(O)C2O)cc1. The summed E-state index contributed by atoms with van der Waals surface area (Å²) in [4.78, 5) is 11.1. The summed E-state index contributed by atoms with van der Waals surface area (Å²) < 4.78 is 5.22. The Morgan fingerprint density at radius 3 is 2.42 bits per heavy atom. The van der Waals surface area contributed by atoms with E-state index >= 15 is 0 Å². The third-order valence-electron chi connectivity index (χ3n) is 3.10. The molecule has 1 fully saturated rings. The number of aliphatic hydroxyl groups excluding tert-OH is 3. The molecule has 0 radical (unpaired) electrons. The molecule has 4 atom stereocenters. The highest BCUT2D eigenvalue weighted by Crippen LogP contribution is 2.19. The summed E-state index contributed by atoms with van der Waals surface area (Å²) in [5.74, 6) is -0.0287. The third-order valence-corrected chi connectivity index (χ3v) is 3.10. The Morgan fingerprint density at radius 2 is 1.84 bits per heavy atom. The molecule has 0 spiro atoms. The lowest BCUT2D eigenvalue weighted by Crippen LogP contribution is -2.55. The lowest BCUT2D eigenvalue weighted by molar-refractivity contribution is -0.178. The summed E-state index contributed by atoms with van der Waals surface area (Å²) >= 11 is 0. The normalized spacial score (nSPS) is 30.9. The molecule has 2 rings (SSSR count). The molecule has 0 bridgehead atoms. The predicted octanol–water partition coefficient (Wildman–Crippen LogP) is -0.260. The molecule has 1 aromatic carbocycles. The van der Waals surface area contributed by atoms with Crippen LogP contribution in [-0.4, -0.2) is 52.2 Å². The van der Waals surface area contributed by atoms with Gasteiger partial charge in [0, 0.05) is 11.3 Å². The van der Waals surface area contributed by atoms with Crippen molar-refractivity contribution in [2.24, 2.45) is 0 Å². The van der Waals surface area contributed by atoms with Gasteiger partial charge in [0.1, 0.15) is 18.3 Å². The average molecular weight is 267 g/mol. The van der Waals surface area contributed by atoms with Crippen molar-refractivity contribution in [1.82, 2.24) is 0 Å². The van der Waals surface area contributed by atoms with Crippen LogP contribution in [0.1, 0.15) is 17.3 Å². The number of nitrogens with one attached hydrogen (secondary N) is 1. The molecule has 1 aromatic rings. The minimum Gasteiger partial charge on any atom is -0.388 e. The van der Waals surface area contributed by atoms with Crippen molar-refractivity contribution < 1.29 is 24.9 Å². The van der Waals surface area contributed by atoms with Crippen LogP contribution in [0.4, 0.5) is 5.69 Å². The summed E-state index contributed by atoms with van der Waals surface area (Å²) in [5.41, 5.74) is 1.24. The van der Waals surface area contributed by atoms with Crippen LogP contribution in [0.3, 0.4) is 0 Å². The van der Waals surface area contributed by atoms with Gasteiger partial charge in [0.05, 0.1) is 6.61 Å². The highest BCUT2D eigenvalue weighted by atomic mass is 16.5. The van der Waals surface area contributed by atoms with Crippen molar-refractivity contribution in [3.63, 3.8) is 0 Å². The first kappa shape index (κ1) is 14.0. The Kier molecular flexibility index (Phi) is 4.16. The van der Waals surface area contributed by atoms with Gasteiger partial charge in [-0.2, -0.15) is 0 Å². The molecule has 19 heavy (non-hydrogen) atoms. The zero-order chi connectivity index (χ0) is 14.0. The number of carbonyl (C=O) groups is 1. The van der Waals surface area contributed by atoms with E-state index in [2.05, 4.69) is 5.32 Å². The maximum atomic E-state index is 11.1. The molecule has 0 aliphatic carbocycles. The molecule has 0 saturated carbocycles. The summed E-state index contributed by atoms with van der Waals surface area (Å²) in [5, 5.41) is 31.5. The quantitative estimate of drug-likeness (QED) is 0.563. The first-order valence-corrected chi connectivity index (χ1v) is 6.02. The Balaban J connectivity index is 2.03. The molecular weight excluding hydrogens is 250 g/mol. The van der Waals surface area contributed by atoms with Gasteiger partial charge in [-0.25, -0.2) is 0 Å². The number of benzene rings is 1. The summed E-state index contributed by atoms with van der Waals surface area (Å²) in [6.07, 6.45) is -4.37. The van der Waals surface area contributed by atoms with Gasteiger partial charge in [0.2, 0.25) is 0 Å². The Morgan fingerprint density at radius 1 is 1.21 bits per heavy atom. The van der Waals surface area contributed by atoms with E-state index in [4.69, 9.17) is 4.74 Å².